The molecule has 1 aliphatic heterocycles. The molecule has 3 heteroatoms. The molecule has 0 saturated carbocycles. The Morgan fingerprint density at radius 2 is 2.33 bits per heavy atom. The average molecular weight is 173 g/mol. The van der Waals surface area contributed by atoms with E-state index in [1.807, 2.05) is 7.05 Å². The first-order chi connectivity index (χ1) is 5.68. The van der Waals surface area contributed by atoms with Gasteiger partial charge in [-0.25, -0.2) is 0 Å². The van der Waals surface area contributed by atoms with Gasteiger partial charge in [-0.05, 0) is 20.9 Å². The van der Waals surface area contributed by atoms with Gasteiger partial charge in [0, 0.05) is 19.6 Å². The Kier molecular flexibility index (Phi) is 3.50. The van der Waals surface area contributed by atoms with Crippen molar-refractivity contribution in [2.45, 2.75) is 32.0 Å². The van der Waals surface area contributed by atoms with Gasteiger partial charge >= 0.3 is 0 Å². The third-order valence-corrected chi connectivity index (χ3v) is 2.05. The maximum absolute atomic E-state index is 5.85. The van der Waals surface area contributed by atoms with Crippen molar-refractivity contribution >= 4 is 0 Å². The van der Waals surface area contributed by atoms with Crippen LogP contribution in [0.15, 0.2) is 0 Å². The fraction of sp³-hybridized carbons (Fsp3) is 1.00. The number of ether oxygens (including phenoxy) is 2. The van der Waals surface area contributed by atoms with Crippen molar-refractivity contribution in [3.05, 3.63) is 0 Å². The molecule has 1 fully saturated rings. The topological polar surface area (TPSA) is 30.5 Å². The SMILES string of the molecule is CNCC1(OC(C)C)CCOC1. The first-order valence-corrected chi connectivity index (χ1v) is 4.59. The van der Waals surface area contributed by atoms with Gasteiger partial charge in [-0.1, -0.05) is 0 Å². The summed E-state index contributed by atoms with van der Waals surface area (Å²) in [4.78, 5) is 0. The zero-order chi connectivity index (χ0) is 9.03. The van der Waals surface area contributed by atoms with Crippen LogP contribution < -0.4 is 5.32 Å². The van der Waals surface area contributed by atoms with Crippen molar-refractivity contribution < 1.29 is 9.47 Å². The van der Waals surface area contributed by atoms with E-state index in [2.05, 4.69) is 19.2 Å². The fourth-order valence-electron chi connectivity index (χ4n) is 1.68. The lowest BCUT2D eigenvalue weighted by molar-refractivity contribution is -0.0791. The van der Waals surface area contributed by atoms with Crippen molar-refractivity contribution in [2.75, 3.05) is 26.8 Å². The lowest BCUT2D eigenvalue weighted by atomic mass is 10.0. The summed E-state index contributed by atoms with van der Waals surface area (Å²) < 4.78 is 11.2. The molecule has 0 radical (unpaired) electrons. The van der Waals surface area contributed by atoms with E-state index in [0.29, 0.717) is 0 Å². The minimum absolute atomic E-state index is 0.0666. The van der Waals surface area contributed by atoms with Gasteiger partial charge in [-0.15, -0.1) is 0 Å². The maximum Gasteiger partial charge on any atom is 0.106 e. The zero-order valence-corrected chi connectivity index (χ0v) is 8.22. The van der Waals surface area contributed by atoms with Gasteiger partial charge in [0.25, 0.3) is 0 Å². The molecule has 12 heavy (non-hydrogen) atoms. The Morgan fingerprint density at radius 3 is 2.75 bits per heavy atom. The van der Waals surface area contributed by atoms with E-state index in [0.717, 1.165) is 26.2 Å². The smallest absolute Gasteiger partial charge is 0.106 e. The minimum Gasteiger partial charge on any atom is -0.378 e. The normalized spacial score (nSPS) is 30.0. The Labute approximate surface area is 74.4 Å². The van der Waals surface area contributed by atoms with Crippen LogP contribution in [0.25, 0.3) is 0 Å². The second-order valence-electron chi connectivity index (χ2n) is 3.68. The van der Waals surface area contributed by atoms with Crippen molar-refractivity contribution in [3.8, 4) is 0 Å². The summed E-state index contributed by atoms with van der Waals surface area (Å²) in [7, 11) is 1.95. The Morgan fingerprint density at radius 1 is 1.58 bits per heavy atom. The second kappa shape index (κ2) is 4.21. The molecule has 1 heterocycles. The van der Waals surface area contributed by atoms with Gasteiger partial charge in [0.05, 0.1) is 12.7 Å². The first-order valence-electron chi connectivity index (χ1n) is 4.59. The molecule has 72 valence electrons. The number of rotatable bonds is 4. The molecule has 1 atom stereocenters. The number of hydrogen-bond acceptors (Lipinski definition) is 3. The Bertz CT molecular complexity index is 130. The predicted molar refractivity (Wildman–Crippen MR) is 48.3 cm³/mol. The molecule has 0 bridgehead atoms. The van der Waals surface area contributed by atoms with Crippen LogP contribution in [0.2, 0.25) is 0 Å². The van der Waals surface area contributed by atoms with E-state index in [1.165, 1.54) is 0 Å². The minimum atomic E-state index is -0.0666. The van der Waals surface area contributed by atoms with Gasteiger partial charge < -0.3 is 14.8 Å². The van der Waals surface area contributed by atoms with E-state index in [9.17, 15) is 0 Å². The standard InChI is InChI=1S/C9H19NO2/c1-8(2)12-9(6-10-3)4-5-11-7-9/h8,10H,4-7H2,1-3H3. The largest absolute Gasteiger partial charge is 0.378 e. The highest BCUT2D eigenvalue weighted by molar-refractivity contribution is 4.87. The van der Waals surface area contributed by atoms with Gasteiger partial charge in [0.2, 0.25) is 0 Å². The van der Waals surface area contributed by atoms with E-state index in [1.54, 1.807) is 0 Å². The van der Waals surface area contributed by atoms with Crippen LogP contribution in [-0.4, -0.2) is 38.5 Å². The van der Waals surface area contributed by atoms with Gasteiger partial charge in [0.15, 0.2) is 0 Å². The summed E-state index contributed by atoms with van der Waals surface area (Å²) in [5, 5.41) is 3.15. The van der Waals surface area contributed by atoms with Crippen LogP contribution in [0.4, 0.5) is 0 Å². The van der Waals surface area contributed by atoms with E-state index < -0.39 is 0 Å². The molecule has 0 aromatic rings. The molecule has 0 aliphatic carbocycles. The van der Waals surface area contributed by atoms with E-state index >= 15 is 0 Å². The fourth-order valence-corrected chi connectivity index (χ4v) is 1.68. The lowest BCUT2D eigenvalue weighted by Crippen LogP contribution is -2.44. The zero-order valence-electron chi connectivity index (χ0n) is 8.22. The highest BCUT2D eigenvalue weighted by Crippen LogP contribution is 2.23. The second-order valence-corrected chi connectivity index (χ2v) is 3.68. The molecular formula is C9H19NO2. The molecule has 0 amide bonds. The van der Waals surface area contributed by atoms with Crippen LogP contribution in [-0.2, 0) is 9.47 Å². The number of nitrogens with one attached hydrogen (secondary N) is 1. The van der Waals surface area contributed by atoms with Gasteiger partial charge in [0.1, 0.15) is 5.60 Å². The predicted octanol–water partition coefficient (Wildman–Crippen LogP) is 0.790. The van der Waals surface area contributed by atoms with Crippen molar-refractivity contribution in [3.63, 3.8) is 0 Å². The highest BCUT2D eigenvalue weighted by atomic mass is 16.6. The molecule has 1 N–H and O–H groups in total. The molecule has 0 aromatic carbocycles. The summed E-state index contributed by atoms with van der Waals surface area (Å²) in [6.07, 6.45) is 1.28. The Balaban J connectivity index is 2.46. The summed E-state index contributed by atoms with van der Waals surface area (Å²) >= 11 is 0. The van der Waals surface area contributed by atoms with Crippen molar-refractivity contribution in [1.82, 2.24) is 5.32 Å². The lowest BCUT2D eigenvalue weighted by Gasteiger charge is -2.29. The molecule has 1 saturated heterocycles. The quantitative estimate of drug-likeness (QED) is 0.682. The van der Waals surface area contributed by atoms with Gasteiger partial charge in [-0.2, -0.15) is 0 Å². The summed E-state index contributed by atoms with van der Waals surface area (Å²) in [6.45, 7) is 6.57. The van der Waals surface area contributed by atoms with Crippen LogP contribution in [0, 0.1) is 0 Å². The summed E-state index contributed by atoms with van der Waals surface area (Å²) in [5.74, 6) is 0. The molecule has 0 spiro atoms. The van der Waals surface area contributed by atoms with Crippen molar-refractivity contribution in [2.24, 2.45) is 0 Å². The third kappa shape index (κ3) is 2.44. The van der Waals surface area contributed by atoms with Crippen molar-refractivity contribution in [1.29, 1.82) is 0 Å². The summed E-state index contributed by atoms with van der Waals surface area (Å²) in [6, 6.07) is 0. The van der Waals surface area contributed by atoms with E-state index in [-0.39, 0.29) is 11.7 Å². The van der Waals surface area contributed by atoms with Crippen LogP contribution in [0.3, 0.4) is 0 Å². The first kappa shape index (κ1) is 9.96. The highest BCUT2D eigenvalue weighted by Gasteiger charge is 2.35. The monoisotopic (exact) mass is 173 g/mol. The van der Waals surface area contributed by atoms with Gasteiger partial charge in [-0.3, -0.25) is 0 Å². The molecule has 1 rings (SSSR count). The molecule has 0 aromatic heterocycles. The third-order valence-electron chi connectivity index (χ3n) is 2.05. The van der Waals surface area contributed by atoms with E-state index in [4.69, 9.17) is 9.47 Å². The maximum atomic E-state index is 5.85. The van der Waals surface area contributed by atoms with Crippen LogP contribution >= 0.6 is 0 Å². The molecule has 1 aliphatic rings. The molecule has 3 nitrogen and oxygen atoms in total. The Hall–Kier alpha value is -0.120. The van der Waals surface area contributed by atoms with Crippen LogP contribution in [0.1, 0.15) is 20.3 Å². The summed E-state index contributed by atoms with van der Waals surface area (Å²) in [5.41, 5.74) is -0.0666. The number of hydrogen-bond donors (Lipinski definition) is 1. The average Bonchev–Trinajstić information content (AvgIpc) is 2.36. The number of likely N-dealkylation sites (N-methyl/N-ethyl adjacent to an activating group) is 1. The van der Waals surface area contributed by atoms with Crippen LogP contribution in [0.5, 0.6) is 0 Å². The molecular weight excluding hydrogens is 154 g/mol. The molecule has 1 unspecified atom stereocenters.